The third-order valence-electron chi connectivity index (χ3n) is 3.93. The third-order valence-corrected chi connectivity index (χ3v) is 3.93. The highest BCUT2D eigenvalue weighted by atomic mass is 16.3. The van der Waals surface area contributed by atoms with Gasteiger partial charge in [0, 0.05) is 22.6 Å². The second-order valence-electron chi connectivity index (χ2n) is 5.45. The normalized spacial score (nSPS) is 17.1. The van der Waals surface area contributed by atoms with Crippen LogP contribution in [0.3, 0.4) is 0 Å². The second-order valence-corrected chi connectivity index (χ2v) is 5.45. The Morgan fingerprint density at radius 1 is 1.14 bits per heavy atom. The first-order valence-corrected chi connectivity index (χ1v) is 7.35. The Hall–Kier alpha value is -2.61. The zero-order valence-electron chi connectivity index (χ0n) is 12.4. The van der Waals surface area contributed by atoms with Crippen molar-refractivity contribution in [3.05, 3.63) is 89.0 Å². The van der Waals surface area contributed by atoms with Gasteiger partial charge >= 0.3 is 0 Å². The molecule has 109 valence electrons. The fraction of sp³-hybridized carbons (Fsp3) is 0.150. The lowest BCUT2D eigenvalue weighted by atomic mass is 9.86. The van der Waals surface area contributed by atoms with Crippen molar-refractivity contribution in [1.82, 2.24) is 0 Å². The molecule has 0 aromatic heterocycles. The summed E-state index contributed by atoms with van der Waals surface area (Å²) in [6, 6.07) is 14.8. The maximum atomic E-state index is 12.7. The van der Waals surface area contributed by atoms with E-state index in [1.807, 2.05) is 55.5 Å². The van der Waals surface area contributed by atoms with Gasteiger partial charge in [-0.3, -0.25) is 4.79 Å². The Bertz CT molecular complexity index is 769. The summed E-state index contributed by atoms with van der Waals surface area (Å²) in [7, 11) is 0. The first-order chi connectivity index (χ1) is 10.7. The van der Waals surface area contributed by atoms with Gasteiger partial charge in [0.05, 0.1) is 0 Å². The van der Waals surface area contributed by atoms with Gasteiger partial charge in [-0.25, -0.2) is 0 Å². The number of Topliss-reactive ketones (excluding diaryl/α,β-unsaturated/α-hetero) is 1. The summed E-state index contributed by atoms with van der Waals surface area (Å²) in [4.78, 5) is 12.7. The van der Waals surface area contributed by atoms with Crippen molar-refractivity contribution >= 4 is 5.78 Å². The molecule has 22 heavy (non-hydrogen) atoms. The summed E-state index contributed by atoms with van der Waals surface area (Å²) in [5, 5.41) is 9.99. The summed E-state index contributed by atoms with van der Waals surface area (Å²) in [6.45, 7) is 1.93. The maximum Gasteiger partial charge on any atom is 0.193 e. The lowest BCUT2D eigenvalue weighted by Crippen LogP contribution is -2.09. The van der Waals surface area contributed by atoms with Crippen LogP contribution in [0.1, 0.15) is 33.8 Å². The van der Waals surface area contributed by atoms with Crippen molar-refractivity contribution in [2.45, 2.75) is 19.3 Å². The number of carbonyl (C=O) groups is 1. The number of phenols is 1. The number of carbonyl (C=O) groups excluding carboxylic acids is 1. The summed E-state index contributed by atoms with van der Waals surface area (Å²) < 4.78 is 0. The van der Waals surface area contributed by atoms with Gasteiger partial charge < -0.3 is 5.11 Å². The number of rotatable bonds is 3. The molecular formula is C20H17O2. The summed E-state index contributed by atoms with van der Waals surface area (Å²) in [5.41, 5.74) is 3.03. The summed E-state index contributed by atoms with van der Waals surface area (Å²) >= 11 is 0. The third kappa shape index (κ3) is 2.73. The lowest BCUT2D eigenvalue weighted by molar-refractivity contribution is 0.103. The van der Waals surface area contributed by atoms with Gasteiger partial charge in [-0.1, -0.05) is 54.6 Å². The number of phenolic OH excluding ortho intramolecular Hbond substituents is 1. The van der Waals surface area contributed by atoms with Crippen molar-refractivity contribution in [1.29, 1.82) is 0 Å². The van der Waals surface area contributed by atoms with Gasteiger partial charge in [-0.15, -0.1) is 0 Å². The summed E-state index contributed by atoms with van der Waals surface area (Å²) in [6.07, 6.45) is 7.79. The molecule has 0 bridgehead atoms. The Balaban J connectivity index is 1.94. The molecule has 1 atom stereocenters. The minimum absolute atomic E-state index is 0.0190. The van der Waals surface area contributed by atoms with E-state index >= 15 is 0 Å². The zero-order chi connectivity index (χ0) is 15.5. The maximum absolute atomic E-state index is 12.7. The fourth-order valence-electron chi connectivity index (χ4n) is 2.72. The SMILES string of the molecule is Cc1ccccc1C(=O)C1=[C]C(c2ccccc2O)CC=C1. The highest BCUT2D eigenvalue weighted by molar-refractivity contribution is 6.11. The average Bonchev–Trinajstić information content (AvgIpc) is 2.55. The molecule has 1 radical (unpaired) electrons. The van der Waals surface area contributed by atoms with E-state index in [0.29, 0.717) is 11.1 Å². The lowest BCUT2D eigenvalue weighted by Gasteiger charge is -2.17. The van der Waals surface area contributed by atoms with Crippen molar-refractivity contribution < 1.29 is 9.90 Å². The van der Waals surface area contributed by atoms with Crippen LogP contribution in [0.25, 0.3) is 0 Å². The molecule has 2 nitrogen and oxygen atoms in total. The molecule has 0 saturated heterocycles. The van der Waals surface area contributed by atoms with Crippen LogP contribution in [0.15, 0.2) is 66.3 Å². The van der Waals surface area contributed by atoms with E-state index in [2.05, 4.69) is 6.08 Å². The van der Waals surface area contributed by atoms with Crippen molar-refractivity contribution in [2.75, 3.05) is 0 Å². The Labute approximate surface area is 130 Å². The van der Waals surface area contributed by atoms with E-state index in [9.17, 15) is 9.90 Å². The van der Waals surface area contributed by atoms with E-state index in [4.69, 9.17) is 0 Å². The van der Waals surface area contributed by atoms with Crippen LogP contribution in [0.5, 0.6) is 5.75 Å². The number of hydrogen-bond donors (Lipinski definition) is 1. The minimum atomic E-state index is -0.0887. The molecule has 1 aliphatic carbocycles. The number of allylic oxidation sites excluding steroid dienone is 4. The largest absolute Gasteiger partial charge is 0.508 e. The van der Waals surface area contributed by atoms with Gasteiger partial charge in [0.25, 0.3) is 0 Å². The molecule has 0 amide bonds. The van der Waals surface area contributed by atoms with Crippen molar-refractivity contribution in [3.63, 3.8) is 0 Å². The van der Waals surface area contributed by atoms with E-state index < -0.39 is 0 Å². The van der Waals surface area contributed by atoms with E-state index in [0.717, 1.165) is 17.5 Å². The van der Waals surface area contributed by atoms with E-state index in [1.54, 1.807) is 12.1 Å². The topological polar surface area (TPSA) is 37.3 Å². The summed E-state index contributed by atoms with van der Waals surface area (Å²) in [5.74, 6) is 0.140. The van der Waals surface area contributed by atoms with Crippen molar-refractivity contribution in [3.8, 4) is 5.75 Å². The molecule has 2 aromatic rings. The number of benzene rings is 2. The molecule has 0 spiro atoms. The van der Waals surface area contributed by atoms with Crippen LogP contribution in [-0.2, 0) is 0 Å². The van der Waals surface area contributed by atoms with Crippen LogP contribution in [-0.4, -0.2) is 10.9 Å². The molecule has 1 unspecified atom stereocenters. The second kappa shape index (κ2) is 6.02. The van der Waals surface area contributed by atoms with E-state index in [-0.39, 0.29) is 17.5 Å². The molecule has 0 fully saturated rings. The molecule has 0 heterocycles. The standard InChI is InChI=1S/C20H17O2/c1-14-7-2-3-10-17(14)20(22)16-9-6-8-15(13-16)18-11-4-5-12-19(18)21/h2-7,9-12,15,21H,8H2,1H3. The zero-order valence-corrected chi connectivity index (χ0v) is 12.4. The van der Waals surface area contributed by atoms with Crippen LogP contribution in [0.2, 0.25) is 0 Å². The number of hydrogen-bond acceptors (Lipinski definition) is 2. The minimum Gasteiger partial charge on any atom is -0.508 e. The molecule has 1 N–H and O–H groups in total. The number of aromatic hydroxyl groups is 1. The van der Waals surface area contributed by atoms with Gasteiger partial charge in [-0.2, -0.15) is 0 Å². The Kier molecular flexibility index (Phi) is 3.92. The predicted octanol–water partition coefficient (Wildman–Crippen LogP) is 4.36. The molecule has 1 aliphatic rings. The van der Waals surface area contributed by atoms with Crippen molar-refractivity contribution in [2.24, 2.45) is 0 Å². The van der Waals surface area contributed by atoms with Gasteiger partial charge in [0.1, 0.15) is 5.75 Å². The van der Waals surface area contributed by atoms with E-state index in [1.165, 1.54) is 0 Å². The van der Waals surface area contributed by atoms with Gasteiger partial charge in [0.15, 0.2) is 5.78 Å². The number of ketones is 1. The monoisotopic (exact) mass is 289 g/mol. The number of para-hydroxylation sites is 1. The predicted molar refractivity (Wildman–Crippen MR) is 86.9 cm³/mol. The number of aryl methyl sites for hydroxylation is 1. The van der Waals surface area contributed by atoms with Gasteiger partial charge in [-0.05, 0) is 31.1 Å². The smallest absolute Gasteiger partial charge is 0.193 e. The molecular weight excluding hydrogens is 272 g/mol. The molecule has 3 rings (SSSR count). The molecule has 2 heteroatoms. The molecule has 2 aromatic carbocycles. The van der Waals surface area contributed by atoms with Crippen LogP contribution >= 0.6 is 0 Å². The first-order valence-electron chi connectivity index (χ1n) is 7.35. The quantitative estimate of drug-likeness (QED) is 0.853. The van der Waals surface area contributed by atoms with Crippen LogP contribution in [0, 0.1) is 13.0 Å². The first kappa shape index (κ1) is 14.3. The molecule has 0 aliphatic heterocycles. The Morgan fingerprint density at radius 3 is 2.64 bits per heavy atom. The van der Waals surface area contributed by atoms with Gasteiger partial charge in [0.2, 0.25) is 0 Å². The van der Waals surface area contributed by atoms with Crippen LogP contribution < -0.4 is 0 Å². The molecule has 0 saturated carbocycles. The van der Waals surface area contributed by atoms with Crippen LogP contribution in [0.4, 0.5) is 0 Å². The fourth-order valence-corrected chi connectivity index (χ4v) is 2.72. The Morgan fingerprint density at radius 2 is 1.86 bits per heavy atom. The highest BCUT2D eigenvalue weighted by Crippen LogP contribution is 2.33. The highest BCUT2D eigenvalue weighted by Gasteiger charge is 2.20. The average molecular weight is 289 g/mol.